The first-order valence-electron chi connectivity index (χ1n) is 12.0. The van der Waals surface area contributed by atoms with E-state index in [1.54, 1.807) is 17.0 Å². The van der Waals surface area contributed by atoms with Crippen LogP contribution < -0.4 is 9.64 Å². The lowest BCUT2D eigenvalue weighted by atomic mass is 9.90. The number of para-hydroxylation sites is 1. The molecule has 1 unspecified atom stereocenters. The van der Waals surface area contributed by atoms with Crippen LogP contribution in [0, 0.1) is 0 Å². The number of carbonyl (C=O) groups excluding carboxylic acids is 2. The minimum Gasteiger partial charge on any atom is -0.503 e. The van der Waals surface area contributed by atoms with Gasteiger partial charge in [-0.3, -0.25) is 9.59 Å². The molecule has 1 aliphatic carbocycles. The predicted molar refractivity (Wildman–Crippen MR) is 134 cm³/mol. The maximum Gasteiger partial charge on any atom is 0.290 e. The molecule has 1 saturated carbocycles. The SMILES string of the molecule is COc1cccc2cc(C(=O)C3=C(O)C(=O)N(C4CCCCC4)C3c3ccc(N(C)C)cc3)oc12. The summed E-state index contributed by atoms with van der Waals surface area (Å²) in [6.45, 7) is 0. The van der Waals surface area contributed by atoms with E-state index in [-0.39, 0.29) is 17.4 Å². The molecule has 1 aromatic heterocycles. The van der Waals surface area contributed by atoms with Crippen molar-refractivity contribution < 1.29 is 23.8 Å². The molecule has 5 rings (SSSR count). The van der Waals surface area contributed by atoms with Crippen LogP contribution in [0.2, 0.25) is 0 Å². The number of anilines is 1. The fraction of sp³-hybridized carbons (Fsp3) is 0.357. The van der Waals surface area contributed by atoms with E-state index in [0.717, 1.165) is 43.4 Å². The van der Waals surface area contributed by atoms with Crippen molar-refractivity contribution in [1.29, 1.82) is 0 Å². The van der Waals surface area contributed by atoms with Crippen LogP contribution in [0.5, 0.6) is 5.75 Å². The van der Waals surface area contributed by atoms with E-state index in [0.29, 0.717) is 16.7 Å². The minimum absolute atomic E-state index is 0.0296. The topological polar surface area (TPSA) is 83.2 Å². The van der Waals surface area contributed by atoms with E-state index < -0.39 is 23.5 Å². The third kappa shape index (κ3) is 3.95. The smallest absolute Gasteiger partial charge is 0.290 e. The van der Waals surface area contributed by atoms with E-state index >= 15 is 0 Å². The molecule has 3 aromatic rings. The lowest BCUT2D eigenvalue weighted by Gasteiger charge is -2.36. The zero-order valence-electron chi connectivity index (χ0n) is 20.3. The first-order chi connectivity index (χ1) is 16.9. The first kappa shape index (κ1) is 23.0. The van der Waals surface area contributed by atoms with Crippen LogP contribution in [0.3, 0.4) is 0 Å². The van der Waals surface area contributed by atoms with Crippen LogP contribution in [0.25, 0.3) is 11.0 Å². The summed E-state index contributed by atoms with van der Waals surface area (Å²) in [5, 5.41) is 11.7. The molecule has 35 heavy (non-hydrogen) atoms. The van der Waals surface area contributed by atoms with Gasteiger partial charge in [-0.1, -0.05) is 43.5 Å². The standard InChI is InChI=1S/C28H30N2O5/c1-29(2)19-14-12-17(13-15-19)24-23(26(32)28(33)30(24)20-9-5-4-6-10-20)25(31)22-16-18-8-7-11-21(34-3)27(18)35-22/h7-8,11-16,20,24,32H,4-6,9-10H2,1-3H3. The van der Waals surface area contributed by atoms with Gasteiger partial charge in [0.05, 0.1) is 18.7 Å². The molecule has 2 heterocycles. The number of ether oxygens (including phenoxy) is 1. The Hall–Kier alpha value is -3.74. The summed E-state index contributed by atoms with van der Waals surface area (Å²) >= 11 is 0. The molecule has 1 amide bonds. The normalized spacial score (nSPS) is 19.0. The van der Waals surface area contributed by atoms with Crippen LogP contribution in [0.1, 0.15) is 54.3 Å². The number of furan rings is 1. The Labute approximate surface area is 204 Å². The van der Waals surface area contributed by atoms with Crippen molar-refractivity contribution in [2.75, 3.05) is 26.1 Å². The van der Waals surface area contributed by atoms with Gasteiger partial charge in [0.2, 0.25) is 5.78 Å². The van der Waals surface area contributed by atoms with Crippen LogP contribution in [0.15, 0.2) is 64.3 Å². The second-order valence-electron chi connectivity index (χ2n) is 9.47. The number of hydrogen-bond acceptors (Lipinski definition) is 6. The Morgan fingerprint density at radius 2 is 1.80 bits per heavy atom. The van der Waals surface area contributed by atoms with Gasteiger partial charge >= 0.3 is 0 Å². The fourth-order valence-electron chi connectivity index (χ4n) is 5.31. The molecular formula is C28H30N2O5. The molecule has 1 atom stereocenters. The molecule has 2 aliphatic rings. The van der Waals surface area contributed by atoms with E-state index in [1.807, 2.05) is 55.4 Å². The van der Waals surface area contributed by atoms with Crippen molar-refractivity contribution in [2.24, 2.45) is 0 Å². The molecule has 0 saturated heterocycles. The maximum atomic E-state index is 13.8. The molecule has 7 nitrogen and oxygen atoms in total. The molecule has 0 radical (unpaired) electrons. The molecule has 182 valence electrons. The molecule has 0 spiro atoms. The average Bonchev–Trinajstić information content (AvgIpc) is 3.43. The van der Waals surface area contributed by atoms with Crippen LogP contribution in [-0.4, -0.2) is 48.9 Å². The Morgan fingerprint density at radius 3 is 2.46 bits per heavy atom. The van der Waals surface area contributed by atoms with Gasteiger partial charge in [0.25, 0.3) is 5.91 Å². The fourth-order valence-corrected chi connectivity index (χ4v) is 5.31. The highest BCUT2D eigenvalue weighted by molar-refractivity contribution is 6.16. The number of methoxy groups -OCH3 is 1. The van der Waals surface area contributed by atoms with Crippen molar-refractivity contribution in [2.45, 2.75) is 44.2 Å². The summed E-state index contributed by atoms with van der Waals surface area (Å²) in [6, 6.07) is 14.1. The number of amides is 1. The van der Waals surface area contributed by atoms with E-state index in [1.165, 1.54) is 7.11 Å². The van der Waals surface area contributed by atoms with E-state index in [2.05, 4.69) is 0 Å². The van der Waals surface area contributed by atoms with Gasteiger partial charge in [0.15, 0.2) is 22.9 Å². The van der Waals surface area contributed by atoms with Crippen LogP contribution >= 0.6 is 0 Å². The van der Waals surface area contributed by atoms with E-state index in [9.17, 15) is 14.7 Å². The first-order valence-corrected chi connectivity index (χ1v) is 12.0. The third-order valence-electron chi connectivity index (χ3n) is 7.13. The lowest BCUT2D eigenvalue weighted by molar-refractivity contribution is -0.132. The van der Waals surface area contributed by atoms with Crippen molar-refractivity contribution >= 4 is 28.3 Å². The highest BCUT2D eigenvalue weighted by Gasteiger charge is 2.47. The number of nitrogens with zero attached hydrogens (tertiary/aromatic N) is 2. The van der Waals surface area contributed by atoms with Crippen molar-refractivity contribution in [3.63, 3.8) is 0 Å². The number of Topliss-reactive ketones (excluding diaryl/α,β-unsaturated/α-hetero) is 1. The molecule has 1 N–H and O–H groups in total. The zero-order chi connectivity index (χ0) is 24.7. The second kappa shape index (κ2) is 9.13. The third-order valence-corrected chi connectivity index (χ3v) is 7.13. The van der Waals surface area contributed by atoms with Crippen molar-refractivity contribution in [3.8, 4) is 5.75 Å². The number of ketones is 1. The Morgan fingerprint density at radius 1 is 1.09 bits per heavy atom. The van der Waals surface area contributed by atoms with Crippen molar-refractivity contribution in [1.82, 2.24) is 4.90 Å². The predicted octanol–water partition coefficient (Wildman–Crippen LogP) is 5.42. The van der Waals surface area contributed by atoms with Gasteiger partial charge in [0, 0.05) is 31.2 Å². The largest absolute Gasteiger partial charge is 0.503 e. The summed E-state index contributed by atoms with van der Waals surface area (Å²) in [4.78, 5) is 30.9. The van der Waals surface area contributed by atoms with Gasteiger partial charge in [-0.25, -0.2) is 0 Å². The van der Waals surface area contributed by atoms with Gasteiger partial charge in [0.1, 0.15) is 0 Å². The Balaban J connectivity index is 1.60. The number of benzene rings is 2. The second-order valence-corrected chi connectivity index (χ2v) is 9.47. The molecule has 1 aliphatic heterocycles. The quantitative estimate of drug-likeness (QED) is 0.481. The van der Waals surface area contributed by atoms with Crippen molar-refractivity contribution in [3.05, 3.63) is 71.2 Å². The summed E-state index contributed by atoms with van der Waals surface area (Å²) in [5.74, 6) is -0.888. The van der Waals surface area contributed by atoms with Crippen LogP contribution in [-0.2, 0) is 4.79 Å². The van der Waals surface area contributed by atoms with Gasteiger partial charge in [-0.15, -0.1) is 0 Å². The summed E-state index contributed by atoms with van der Waals surface area (Å²) in [6.07, 6.45) is 4.89. The lowest BCUT2D eigenvalue weighted by Crippen LogP contribution is -2.41. The Kier molecular flexibility index (Phi) is 6.01. The highest BCUT2D eigenvalue weighted by Crippen LogP contribution is 2.43. The number of fused-ring (bicyclic) bond motifs is 1. The molecule has 2 aromatic carbocycles. The maximum absolute atomic E-state index is 13.8. The zero-order valence-corrected chi connectivity index (χ0v) is 20.3. The minimum atomic E-state index is -0.676. The van der Waals surface area contributed by atoms with E-state index in [4.69, 9.17) is 9.15 Å². The van der Waals surface area contributed by atoms with Crippen LogP contribution in [0.4, 0.5) is 5.69 Å². The summed E-state index contributed by atoms with van der Waals surface area (Å²) in [5.41, 5.74) is 2.32. The molecule has 1 fully saturated rings. The highest BCUT2D eigenvalue weighted by atomic mass is 16.5. The number of aliphatic hydroxyl groups is 1. The Bertz CT molecular complexity index is 1300. The van der Waals surface area contributed by atoms with Gasteiger partial charge < -0.3 is 24.1 Å². The molecular weight excluding hydrogens is 444 g/mol. The monoisotopic (exact) mass is 474 g/mol. The van der Waals surface area contributed by atoms with Gasteiger partial charge in [-0.2, -0.15) is 0 Å². The number of rotatable bonds is 6. The summed E-state index contributed by atoms with van der Waals surface area (Å²) < 4.78 is 11.3. The number of carbonyl (C=O) groups is 2. The number of hydrogen-bond donors (Lipinski definition) is 1. The average molecular weight is 475 g/mol. The molecule has 0 bridgehead atoms. The molecule has 7 heteroatoms. The summed E-state index contributed by atoms with van der Waals surface area (Å²) in [7, 11) is 5.45. The van der Waals surface area contributed by atoms with Gasteiger partial charge in [-0.05, 0) is 42.7 Å². The number of aliphatic hydroxyl groups excluding tert-OH is 1.